The number of methoxy groups -OCH3 is 1. The van der Waals surface area contributed by atoms with E-state index in [0.29, 0.717) is 17.3 Å². The van der Waals surface area contributed by atoms with Crippen molar-refractivity contribution in [3.8, 4) is 11.4 Å². The molecule has 1 heterocycles. The van der Waals surface area contributed by atoms with E-state index in [0.717, 1.165) is 33.5 Å². The standard InChI is InChI=1S/C19H19BrN4O2S/c1-13-5-10-18(26-2)16(12-13)24-19(21-22-23-24)27-11-3-4-17(25)14-6-8-15(20)9-7-14/h5-10,12H,3-4,11H2,1-2H3. The van der Waals surface area contributed by atoms with Gasteiger partial charge in [0.05, 0.1) is 7.11 Å². The van der Waals surface area contributed by atoms with Crippen molar-refractivity contribution in [1.29, 1.82) is 0 Å². The Hall–Kier alpha value is -2.19. The number of rotatable bonds is 8. The van der Waals surface area contributed by atoms with E-state index < -0.39 is 0 Å². The maximum Gasteiger partial charge on any atom is 0.214 e. The molecule has 3 rings (SSSR count). The quantitative estimate of drug-likeness (QED) is 0.288. The Balaban J connectivity index is 1.60. The molecule has 140 valence electrons. The van der Waals surface area contributed by atoms with Crippen molar-refractivity contribution < 1.29 is 9.53 Å². The van der Waals surface area contributed by atoms with Crippen molar-refractivity contribution in [3.05, 3.63) is 58.1 Å². The summed E-state index contributed by atoms with van der Waals surface area (Å²) in [6, 6.07) is 13.3. The number of ketones is 1. The summed E-state index contributed by atoms with van der Waals surface area (Å²) < 4.78 is 8.06. The fourth-order valence-electron chi connectivity index (χ4n) is 2.56. The number of Topliss-reactive ketones (excluding diaryl/α,β-unsaturated/α-hetero) is 1. The number of tetrazole rings is 1. The van der Waals surface area contributed by atoms with E-state index in [-0.39, 0.29) is 5.78 Å². The highest BCUT2D eigenvalue weighted by Gasteiger charge is 2.14. The number of carbonyl (C=O) groups is 1. The van der Waals surface area contributed by atoms with E-state index >= 15 is 0 Å². The summed E-state index contributed by atoms with van der Waals surface area (Å²) in [5.74, 6) is 1.60. The van der Waals surface area contributed by atoms with Crippen LogP contribution in [-0.2, 0) is 0 Å². The van der Waals surface area contributed by atoms with Gasteiger partial charge >= 0.3 is 0 Å². The van der Waals surface area contributed by atoms with Gasteiger partial charge in [-0.2, -0.15) is 4.68 Å². The second kappa shape index (κ2) is 9.14. The Bertz CT molecular complexity index is 928. The SMILES string of the molecule is COc1ccc(C)cc1-n1nnnc1SCCCC(=O)c1ccc(Br)cc1. The first-order chi connectivity index (χ1) is 13.1. The number of nitrogens with zero attached hydrogens (tertiary/aromatic N) is 4. The van der Waals surface area contributed by atoms with E-state index in [1.165, 1.54) is 11.8 Å². The highest BCUT2D eigenvalue weighted by Crippen LogP contribution is 2.27. The molecule has 3 aromatic rings. The summed E-state index contributed by atoms with van der Waals surface area (Å²) in [5, 5.41) is 12.7. The van der Waals surface area contributed by atoms with Crippen molar-refractivity contribution >= 4 is 33.5 Å². The predicted molar refractivity (Wildman–Crippen MR) is 109 cm³/mol. The lowest BCUT2D eigenvalue weighted by molar-refractivity contribution is 0.0982. The zero-order valence-electron chi connectivity index (χ0n) is 15.1. The van der Waals surface area contributed by atoms with Gasteiger partial charge in [0.1, 0.15) is 11.4 Å². The minimum absolute atomic E-state index is 0.142. The zero-order chi connectivity index (χ0) is 19.2. The number of carbonyl (C=O) groups excluding carboxylic acids is 1. The number of thioether (sulfide) groups is 1. The third kappa shape index (κ3) is 4.95. The van der Waals surface area contributed by atoms with Gasteiger partial charge < -0.3 is 4.74 Å². The van der Waals surface area contributed by atoms with Gasteiger partial charge in [-0.3, -0.25) is 4.79 Å². The van der Waals surface area contributed by atoms with Crippen molar-refractivity contribution in [2.75, 3.05) is 12.9 Å². The van der Waals surface area contributed by atoms with Gasteiger partial charge in [0, 0.05) is 22.2 Å². The van der Waals surface area contributed by atoms with Crippen LogP contribution in [0.15, 0.2) is 52.1 Å². The second-order valence-electron chi connectivity index (χ2n) is 5.93. The molecule has 0 radical (unpaired) electrons. The summed E-state index contributed by atoms with van der Waals surface area (Å²) in [6.07, 6.45) is 1.24. The van der Waals surface area contributed by atoms with Gasteiger partial charge in [-0.1, -0.05) is 45.9 Å². The fraction of sp³-hybridized carbons (Fsp3) is 0.263. The van der Waals surface area contributed by atoms with Crippen LogP contribution in [0, 0.1) is 6.92 Å². The Morgan fingerprint density at radius 2 is 2.00 bits per heavy atom. The van der Waals surface area contributed by atoms with Gasteiger partial charge in [0.25, 0.3) is 0 Å². The highest BCUT2D eigenvalue weighted by atomic mass is 79.9. The zero-order valence-corrected chi connectivity index (χ0v) is 17.5. The maximum atomic E-state index is 12.2. The van der Waals surface area contributed by atoms with Gasteiger partial charge in [-0.05, 0) is 53.6 Å². The van der Waals surface area contributed by atoms with Crippen LogP contribution in [0.1, 0.15) is 28.8 Å². The van der Waals surface area contributed by atoms with Crippen molar-refractivity contribution in [3.63, 3.8) is 0 Å². The number of ether oxygens (including phenoxy) is 1. The van der Waals surface area contributed by atoms with E-state index in [2.05, 4.69) is 31.5 Å². The molecule has 0 aliphatic carbocycles. The largest absolute Gasteiger partial charge is 0.494 e. The molecule has 0 saturated carbocycles. The molecular weight excluding hydrogens is 428 g/mol. The van der Waals surface area contributed by atoms with Crippen molar-refractivity contribution in [1.82, 2.24) is 20.2 Å². The van der Waals surface area contributed by atoms with E-state index in [4.69, 9.17) is 4.74 Å². The third-order valence-electron chi connectivity index (χ3n) is 3.95. The average Bonchev–Trinajstić information content (AvgIpc) is 3.14. The predicted octanol–water partition coefficient (Wildman–Crippen LogP) is 4.50. The molecule has 1 aromatic heterocycles. The molecule has 0 saturated heterocycles. The number of aryl methyl sites for hydroxylation is 1. The van der Waals surface area contributed by atoms with Crippen LogP contribution in [0.2, 0.25) is 0 Å². The molecule has 0 amide bonds. The summed E-state index contributed by atoms with van der Waals surface area (Å²) >= 11 is 4.90. The number of hydrogen-bond donors (Lipinski definition) is 0. The molecule has 8 heteroatoms. The molecule has 0 spiro atoms. The fourth-order valence-corrected chi connectivity index (χ4v) is 3.65. The Labute approximate surface area is 170 Å². The number of aromatic nitrogens is 4. The van der Waals surface area contributed by atoms with Crippen LogP contribution in [0.4, 0.5) is 0 Å². The topological polar surface area (TPSA) is 69.9 Å². The molecular formula is C19H19BrN4O2S. The first kappa shape index (κ1) is 19.6. The monoisotopic (exact) mass is 446 g/mol. The molecule has 0 bridgehead atoms. The molecule has 0 aliphatic rings. The van der Waals surface area contributed by atoms with Crippen LogP contribution in [0.5, 0.6) is 5.75 Å². The molecule has 27 heavy (non-hydrogen) atoms. The normalized spacial score (nSPS) is 10.8. The summed E-state index contributed by atoms with van der Waals surface area (Å²) in [7, 11) is 1.62. The highest BCUT2D eigenvalue weighted by molar-refractivity contribution is 9.10. The molecule has 0 unspecified atom stereocenters. The second-order valence-corrected chi connectivity index (χ2v) is 7.91. The lowest BCUT2D eigenvalue weighted by Gasteiger charge is -2.10. The smallest absolute Gasteiger partial charge is 0.214 e. The lowest BCUT2D eigenvalue weighted by Crippen LogP contribution is -2.03. The number of hydrogen-bond acceptors (Lipinski definition) is 6. The van der Waals surface area contributed by atoms with Gasteiger partial charge in [0.2, 0.25) is 5.16 Å². The van der Waals surface area contributed by atoms with E-state index in [1.54, 1.807) is 11.8 Å². The first-order valence-corrected chi connectivity index (χ1v) is 10.2. The average molecular weight is 447 g/mol. The number of halogens is 1. The Kier molecular flexibility index (Phi) is 6.63. The summed E-state index contributed by atoms with van der Waals surface area (Å²) in [6.45, 7) is 2.01. The minimum atomic E-state index is 0.142. The summed E-state index contributed by atoms with van der Waals surface area (Å²) in [5.41, 5.74) is 2.63. The van der Waals surface area contributed by atoms with E-state index in [1.807, 2.05) is 49.4 Å². The first-order valence-electron chi connectivity index (χ1n) is 8.43. The number of benzene rings is 2. The van der Waals surface area contributed by atoms with E-state index in [9.17, 15) is 4.79 Å². The minimum Gasteiger partial charge on any atom is -0.494 e. The molecule has 0 aliphatic heterocycles. The van der Waals surface area contributed by atoms with Crippen LogP contribution in [-0.4, -0.2) is 38.9 Å². The van der Waals surface area contributed by atoms with Crippen LogP contribution >= 0.6 is 27.7 Å². The Morgan fingerprint density at radius 1 is 1.22 bits per heavy atom. The van der Waals surface area contributed by atoms with Crippen molar-refractivity contribution in [2.24, 2.45) is 0 Å². The van der Waals surface area contributed by atoms with Gasteiger partial charge in [-0.15, -0.1) is 5.10 Å². The maximum absolute atomic E-state index is 12.2. The Morgan fingerprint density at radius 3 is 2.74 bits per heavy atom. The van der Waals surface area contributed by atoms with Gasteiger partial charge in [-0.25, -0.2) is 0 Å². The molecule has 0 atom stereocenters. The van der Waals surface area contributed by atoms with Crippen LogP contribution in [0.25, 0.3) is 5.69 Å². The molecule has 0 N–H and O–H groups in total. The van der Waals surface area contributed by atoms with Crippen LogP contribution < -0.4 is 4.74 Å². The van der Waals surface area contributed by atoms with Crippen molar-refractivity contribution in [2.45, 2.75) is 24.9 Å². The molecule has 0 fully saturated rings. The van der Waals surface area contributed by atoms with Crippen LogP contribution in [0.3, 0.4) is 0 Å². The molecule has 2 aromatic carbocycles. The van der Waals surface area contributed by atoms with Gasteiger partial charge in [0.15, 0.2) is 5.78 Å². The molecule has 6 nitrogen and oxygen atoms in total. The third-order valence-corrected chi connectivity index (χ3v) is 5.48. The summed E-state index contributed by atoms with van der Waals surface area (Å²) in [4.78, 5) is 12.2. The lowest BCUT2D eigenvalue weighted by atomic mass is 10.1.